The molecule has 76 valence electrons. The van der Waals surface area contributed by atoms with Gasteiger partial charge in [-0.25, -0.2) is 0 Å². The van der Waals surface area contributed by atoms with Gasteiger partial charge in [0.05, 0.1) is 13.8 Å². The van der Waals surface area contributed by atoms with E-state index in [1.807, 2.05) is 0 Å². The summed E-state index contributed by atoms with van der Waals surface area (Å²) in [5, 5.41) is 10.9. The van der Waals surface area contributed by atoms with Gasteiger partial charge in [-0.2, -0.15) is 0 Å². The zero-order valence-electron chi connectivity index (χ0n) is 8.19. The predicted molar refractivity (Wildman–Crippen MR) is 46.5 cm³/mol. The van der Waals surface area contributed by atoms with Crippen LogP contribution in [0.25, 0.3) is 0 Å². The highest BCUT2D eigenvalue weighted by Gasteiger charge is 2.14. The first-order valence-corrected chi connectivity index (χ1v) is 3.85. The third kappa shape index (κ3) is 6.06. The number of amides is 2. The van der Waals surface area contributed by atoms with E-state index in [0.29, 0.717) is 0 Å². The molecule has 0 saturated carbocycles. The second-order valence-electron chi connectivity index (χ2n) is 2.54. The summed E-state index contributed by atoms with van der Waals surface area (Å²) in [6.45, 7) is -1.07. The number of primary amides is 1. The van der Waals surface area contributed by atoms with Gasteiger partial charge in [0.25, 0.3) is 0 Å². The molecular weight excluding hydrogens is 174 g/mol. The van der Waals surface area contributed by atoms with Gasteiger partial charge >= 0.3 is 0 Å². The lowest BCUT2D eigenvalue weighted by Crippen LogP contribution is -2.43. The Bertz CT molecular complexity index is 210. The Morgan fingerprint density at radius 2 is 2.23 bits per heavy atom. The largest absolute Gasteiger partial charge is 0.396 e. The monoisotopic (exact) mass is 190 g/mol. The number of nitrogens with one attached hydrogen (secondary N) is 1. The van der Waals surface area contributed by atoms with Gasteiger partial charge in [-0.15, -0.1) is 0 Å². The highest BCUT2D eigenvalue weighted by Crippen LogP contribution is 1.86. The number of aliphatic hydroxyl groups excluding tert-OH is 1. The van der Waals surface area contributed by atoms with E-state index < -0.39 is 24.4 Å². The van der Waals surface area contributed by atoms with Crippen molar-refractivity contribution in [2.24, 2.45) is 11.5 Å². The smallest absolute Gasteiger partial charge is 0.237 e. The molecule has 6 nitrogen and oxygen atoms in total. The molecule has 0 aromatic carbocycles. The molecule has 0 aliphatic heterocycles. The summed E-state index contributed by atoms with van der Waals surface area (Å²) in [4.78, 5) is 21.5. The number of rotatable bonds is 6. The third-order valence-corrected chi connectivity index (χ3v) is 1.33. The van der Waals surface area contributed by atoms with E-state index in [2.05, 4.69) is 5.32 Å². The molecule has 2 atom stereocenters. The molecule has 13 heavy (non-hydrogen) atoms. The fourth-order valence-electron chi connectivity index (χ4n) is 0.700. The van der Waals surface area contributed by atoms with Gasteiger partial charge in [0.2, 0.25) is 11.8 Å². The minimum Gasteiger partial charge on any atom is -0.396 e. The van der Waals surface area contributed by atoms with E-state index >= 15 is 0 Å². The van der Waals surface area contributed by atoms with Gasteiger partial charge in [-0.1, -0.05) is 0 Å². The average molecular weight is 190 g/mol. The second kappa shape index (κ2) is 6.38. The second-order valence-corrected chi connectivity index (χ2v) is 2.54. The molecular formula is C7H15N3O3. The fourth-order valence-corrected chi connectivity index (χ4v) is 0.700. The number of carbonyl (C=O) groups excluding carboxylic acids is 2. The van der Waals surface area contributed by atoms with Crippen LogP contribution in [0.3, 0.4) is 0 Å². The quantitative estimate of drug-likeness (QED) is 0.376. The Morgan fingerprint density at radius 1 is 1.62 bits per heavy atom. The number of aliphatic hydroxyl groups is 1. The maximum absolute atomic E-state index is 11.1. The predicted octanol–water partition coefficient (Wildman–Crippen LogP) is -2.31. The van der Waals surface area contributed by atoms with Gasteiger partial charge in [-0.3, -0.25) is 9.59 Å². The van der Waals surface area contributed by atoms with Crippen LogP contribution in [0, 0.1) is 0 Å². The lowest BCUT2D eigenvalue weighted by Gasteiger charge is -2.09. The first-order valence-electron chi connectivity index (χ1n) is 4.43. The van der Waals surface area contributed by atoms with Gasteiger partial charge in [0, 0.05) is 13.1 Å². The van der Waals surface area contributed by atoms with Crippen LogP contribution in [0.15, 0.2) is 0 Å². The van der Waals surface area contributed by atoms with Crippen LogP contribution in [-0.2, 0) is 9.59 Å². The molecule has 0 saturated heterocycles. The number of hydrogen-bond acceptors (Lipinski definition) is 4. The minimum atomic E-state index is -1.22. The fraction of sp³-hybridized carbons (Fsp3) is 0.714. The van der Waals surface area contributed by atoms with Crippen LogP contribution in [0.1, 0.15) is 14.2 Å². The summed E-state index contributed by atoms with van der Waals surface area (Å²) in [7, 11) is 0. The number of nitrogens with two attached hydrogens (primary N) is 2. The Hall–Kier alpha value is -1.14. The Kier molecular flexibility index (Phi) is 4.88. The lowest BCUT2D eigenvalue weighted by molar-refractivity contribution is -0.126. The standard InChI is InChI=1S/C7H15N3O3/c8-5(4-6(9)12)7(13)10-2-1-3-11/h5,11H,1-4,8H2,(H2,9,12)(H,10,13)/t5-/m0/s1/i3D/t3?,5-. The van der Waals surface area contributed by atoms with Crippen molar-refractivity contribution in [2.45, 2.75) is 18.9 Å². The minimum absolute atomic E-state index is 0.120. The molecule has 0 rings (SSSR count). The zero-order valence-corrected chi connectivity index (χ0v) is 7.19. The summed E-state index contributed by atoms with van der Waals surface area (Å²) in [6, 6.07) is -0.963. The molecule has 0 spiro atoms. The molecule has 0 aromatic heterocycles. The molecule has 0 aliphatic rings. The molecule has 0 aromatic rings. The maximum atomic E-state index is 11.1. The van der Waals surface area contributed by atoms with Crippen LogP contribution in [0.4, 0.5) is 0 Å². The molecule has 0 aliphatic carbocycles. The van der Waals surface area contributed by atoms with Crippen molar-refractivity contribution < 1.29 is 16.1 Å². The summed E-state index contributed by atoms with van der Waals surface area (Å²) < 4.78 is 6.74. The molecule has 0 bridgehead atoms. The molecule has 0 radical (unpaired) electrons. The molecule has 2 amide bonds. The van der Waals surface area contributed by atoms with Crippen LogP contribution >= 0.6 is 0 Å². The van der Waals surface area contributed by atoms with Crippen molar-refractivity contribution in [3.05, 3.63) is 0 Å². The topological polar surface area (TPSA) is 118 Å². The summed E-state index contributed by atoms with van der Waals surface area (Å²) in [5.74, 6) is -1.15. The van der Waals surface area contributed by atoms with Crippen molar-refractivity contribution in [2.75, 3.05) is 13.1 Å². The highest BCUT2D eigenvalue weighted by molar-refractivity contribution is 5.87. The van der Waals surface area contributed by atoms with Crippen LogP contribution in [0.2, 0.25) is 0 Å². The number of hydrogen-bond donors (Lipinski definition) is 4. The lowest BCUT2D eigenvalue weighted by atomic mass is 10.2. The van der Waals surface area contributed by atoms with Crippen LogP contribution < -0.4 is 16.8 Å². The van der Waals surface area contributed by atoms with E-state index in [4.69, 9.17) is 17.9 Å². The molecule has 0 fully saturated rings. The van der Waals surface area contributed by atoms with Crippen molar-refractivity contribution in [1.82, 2.24) is 5.32 Å². The summed E-state index contributed by atoms with van der Waals surface area (Å²) >= 11 is 0. The molecule has 0 heterocycles. The molecule has 6 heteroatoms. The summed E-state index contributed by atoms with van der Waals surface area (Å²) in [6.07, 6.45) is -0.0930. The third-order valence-electron chi connectivity index (χ3n) is 1.33. The van der Waals surface area contributed by atoms with E-state index in [-0.39, 0.29) is 19.4 Å². The molecule has 6 N–H and O–H groups in total. The maximum Gasteiger partial charge on any atom is 0.237 e. The van der Waals surface area contributed by atoms with Crippen molar-refractivity contribution in [3.63, 3.8) is 0 Å². The Labute approximate surface area is 77.7 Å². The van der Waals surface area contributed by atoms with Crippen LogP contribution in [0.5, 0.6) is 0 Å². The van der Waals surface area contributed by atoms with Crippen molar-refractivity contribution >= 4 is 11.8 Å². The van der Waals surface area contributed by atoms with Crippen molar-refractivity contribution in [3.8, 4) is 0 Å². The highest BCUT2D eigenvalue weighted by atomic mass is 16.3. The Morgan fingerprint density at radius 3 is 2.69 bits per heavy atom. The first-order chi connectivity index (χ1) is 6.43. The van der Waals surface area contributed by atoms with E-state index in [1.54, 1.807) is 0 Å². The van der Waals surface area contributed by atoms with E-state index in [0.717, 1.165) is 0 Å². The van der Waals surface area contributed by atoms with E-state index in [9.17, 15) is 9.59 Å². The van der Waals surface area contributed by atoms with Crippen molar-refractivity contribution in [1.29, 1.82) is 0 Å². The molecule has 1 unspecified atom stereocenters. The zero-order chi connectivity index (χ0) is 11.1. The normalized spacial score (nSPS) is 15.7. The average Bonchev–Trinajstić information content (AvgIpc) is 2.01. The number of carbonyl (C=O) groups is 2. The first kappa shape index (κ1) is 9.94. The van der Waals surface area contributed by atoms with Gasteiger partial charge in [0.1, 0.15) is 0 Å². The van der Waals surface area contributed by atoms with Crippen LogP contribution in [-0.4, -0.2) is 36.1 Å². The van der Waals surface area contributed by atoms with Gasteiger partial charge in [0.15, 0.2) is 0 Å². The SMILES string of the molecule is [2H]C(O)CCNC(=O)[C@@H](N)CC(N)=O. The van der Waals surface area contributed by atoms with E-state index in [1.165, 1.54) is 0 Å². The van der Waals surface area contributed by atoms with Gasteiger partial charge < -0.3 is 21.9 Å². The Balaban J connectivity index is 3.67. The van der Waals surface area contributed by atoms with Gasteiger partial charge in [-0.05, 0) is 6.42 Å². The summed E-state index contributed by atoms with van der Waals surface area (Å²) in [5.41, 5.74) is 10.2.